The van der Waals surface area contributed by atoms with Crippen molar-refractivity contribution in [3.05, 3.63) is 0 Å². The highest BCUT2D eigenvalue weighted by Gasteiger charge is 2.48. The predicted molar refractivity (Wildman–Crippen MR) is 86.9 cm³/mol. The maximum Gasteiger partial charge on any atom is 0.410 e. The van der Waals surface area contributed by atoms with E-state index >= 15 is 0 Å². The van der Waals surface area contributed by atoms with Gasteiger partial charge < -0.3 is 19.6 Å². The summed E-state index contributed by atoms with van der Waals surface area (Å²) in [6.07, 6.45) is 5.00. The number of carbonyl (C=O) groups excluding carboxylic acids is 1. The molecule has 0 aromatic rings. The van der Waals surface area contributed by atoms with Crippen LogP contribution < -0.4 is 0 Å². The molecule has 0 aromatic heterocycles. The minimum absolute atomic E-state index is 0.120. The zero-order chi connectivity index (χ0) is 16.5. The molecule has 0 spiro atoms. The van der Waals surface area contributed by atoms with Crippen LogP contribution >= 0.6 is 0 Å². The fourth-order valence-corrected chi connectivity index (χ4v) is 3.78. The molecule has 2 aliphatic rings. The number of aliphatic hydroxyl groups is 1. The van der Waals surface area contributed by atoms with Crippen molar-refractivity contribution in [1.82, 2.24) is 9.80 Å². The number of nitrogens with zero attached hydrogens (tertiary/aromatic N) is 2. The molecule has 128 valence electrons. The van der Waals surface area contributed by atoms with Crippen LogP contribution in [0.5, 0.6) is 0 Å². The summed E-state index contributed by atoms with van der Waals surface area (Å²) in [6.45, 7) is 6.58. The lowest BCUT2D eigenvalue weighted by atomic mass is 9.74. The number of fused-ring (bicyclic) bond motifs is 2. The third kappa shape index (κ3) is 4.35. The molecule has 5 heteroatoms. The van der Waals surface area contributed by atoms with Gasteiger partial charge in [0.1, 0.15) is 5.60 Å². The lowest BCUT2D eigenvalue weighted by molar-refractivity contribution is -0.0973. The van der Waals surface area contributed by atoms with Crippen LogP contribution in [0.25, 0.3) is 0 Å². The maximum atomic E-state index is 12.5. The monoisotopic (exact) mass is 312 g/mol. The summed E-state index contributed by atoms with van der Waals surface area (Å²) >= 11 is 0. The van der Waals surface area contributed by atoms with Gasteiger partial charge in [0, 0.05) is 18.6 Å². The predicted octanol–water partition coefficient (Wildman–Crippen LogP) is 2.62. The van der Waals surface area contributed by atoms with Crippen LogP contribution in [-0.4, -0.2) is 64.9 Å². The average molecular weight is 312 g/mol. The van der Waals surface area contributed by atoms with Crippen molar-refractivity contribution in [2.24, 2.45) is 0 Å². The first-order valence-electron chi connectivity index (χ1n) is 8.48. The molecule has 2 unspecified atom stereocenters. The zero-order valence-corrected chi connectivity index (χ0v) is 14.8. The molecule has 2 fully saturated rings. The van der Waals surface area contributed by atoms with Crippen LogP contribution in [0.4, 0.5) is 4.79 Å². The Morgan fingerprint density at radius 2 is 1.82 bits per heavy atom. The van der Waals surface area contributed by atoms with Crippen LogP contribution in [0, 0.1) is 0 Å². The Kier molecular flexibility index (Phi) is 5.07. The Balaban J connectivity index is 2.06. The first kappa shape index (κ1) is 17.5. The van der Waals surface area contributed by atoms with Gasteiger partial charge in [0.05, 0.1) is 5.60 Å². The van der Waals surface area contributed by atoms with Crippen molar-refractivity contribution in [1.29, 1.82) is 0 Å². The number of ether oxygens (including phenoxy) is 1. The summed E-state index contributed by atoms with van der Waals surface area (Å²) < 4.78 is 5.58. The molecule has 2 rings (SSSR count). The number of hydrogen-bond acceptors (Lipinski definition) is 4. The molecule has 0 aromatic carbocycles. The van der Waals surface area contributed by atoms with Crippen molar-refractivity contribution >= 4 is 6.09 Å². The lowest BCUT2D eigenvalue weighted by Gasteiger charge is -2.52. The molecule has 1 N–H and O–H groups in total. The highest BCUT2D eigenvalue weighted by atomic mass is 16.6. The molecule has 0 aliphatic carbocycles. The zero-order valence-electron chi connectivity index (χ0n) is 14.8. The Labute approximate surface area is 134 Å². The standard InChI is InChI=1S/C17H32N2O3/c1-16(2,3)22-15(20)19-13-7-6-8-14(19)12-17(21,11-13)9-10-18(4)5/h13-14,21H,6-12H2,1-5H3. The van der Waals surface area contributed by atoms with Gasteiger partial charge in [-0.05, 0) is 73.4 Å². The van der Waals surface area contributed by atoms with Gasteiger partial charge in [-0.1, -0.05) is 0 Å². The molecule has 22 heavy (non-hydrogen) atoms. The van der Waals surface area contributed by atoms with E-state index in [0.717, 1.165) is 32.2 Å². The van der Waals surface area contributed by atoms with Gasteiger partial charge in [0.2, 0.25) is 0 Å². The third-order valence-corrected chi connectivity index (χ3v) is 4.72. The first-order valence-corrected chi connectivity index (χ1v) is 8.48. The second-order valence-electron chi connectivity index (χ2n) is 8.31. The van der Waals surface area contributed by atoms with Crippen molar-refractivity contribution in [2.45, 2.75) is 82.6 Å². The van der Waals surface area contributed by atoms with E-state index in [1.165, 1.54) is 0 Å². The summed E-state index contributed by atoms with van der Waals surface area (Å²) in [7, 11) is 4.06. The molecular weight excluding hydrogens is 280 g/mol. The Morgan fingerprint density at radius 3 is 2.27 bits per heavy atom. The van der Waals surface area contributed by atoms with E-state index < -0.39 is 11.2 Å². The van der Waals surface area contributed by atoms with Gasteiger partial charge in [0.15, 0.2) is 0 Å². The smallest absolute Gasteiger partial charge is 0.410 e. The van der Waals surface area contributed by atoms with Crippen molar-refractivity contribution in [3.8, 4) is 0 Å². The van der Waals surface area contributed by atoms with E-state index in [2.05, 4.69) is 4.90 Å². The van der Waals surface area contributed by atoms with Crippen LogP contribution in [0.15, 0.2) is 0 Å². The average Bonchev–Trinajstić information content (AvgIpc) is 2.33. The summed E-state index contributed by atoms with van der Waals surface area (Å²) in [5, 5.41) is 11.0. The van der Waals surface area contributed by atoms with E-state index in [1.807, 2.05) is 39.8 Å². The van der Waals surface area contributed by atoms with Crippen LogP contribution in [0.2, 0.25) is 0 Å². The highest BCUT2D eigenvalue weighted by Crippen LogP contribution is 2.41. The van der Waals surface area contributed by atoms with Crippen LogP contribution in [-0.2, 0) is 4.74 Å². The molecule has 1 amide bonds. The topological polar surface area (TPSA) is 53.0 Å². The van der Waals surface area contributed by atoms with E-state index in [0.29, 0.717) is 12.8 Å². The minimum atomic E-state index is -0.640. The minimum Gasteiger partial charge on any atom is -0.444 e. The highest BCUT2D eigenvalue weighted by molar-refractivity contribution is 5.69. The number of hydrogen-bond donors (Lipinski definition) is 1. The molecule has 2 heterocycles. The van der Waals surface area contributed by atoms with Crippen molar-refractivity contribution in [2.75, 3.05) is 20.6 Å². The SMILES string of the molecule is CN(C)CCC1(O)CC2CCCC(C1)N2C(=O)OC(C)(C)C. The van der Waals surface area contributed by atoms with Crippen molar-refractivity contribution < 1.29 is 14.6 Å². The molecule has 0 radical (unpaired) electrons. The normalized spacial score (nSPS) is 32.2. The number of amides is 1. The third-order valence-electron chi connectivity index (χ3n) is 4.72. The lowest BCUT2D eigenvalue weighted by Crippen LogP contribution is -2.60. The van der Waals surface area contributed by atoms with Gasteiger partial charge in [0.25, 0.3) is 0 Å². The second kappa shape index (κ2) is 6.36. The van der Waals surface area contributed by atoms with E-state index in [9.17, 15) is 9.90 Å². The number of rotatable bonds is 3. The van der Waals surface area contributed by atoms with Crippen molar-refractivity contribution in [3.63, 3.8) is 0 Å². The molecular formula is C17H32N2O3. The van der Waals surface area contributed by atoms with Gasteiger partial charge >= 0.3 is 6.09 Å². The van der Waals surface area contributed by atoms with E-state index in [-0.39, 0.29) is 18.2 Å². The summed E-state index contributed by atoms with van der Waals surface area (Å²) in [6, 6.07) is 0.240. The van der Waals surface area contributed by atoms with Crippen LogP contribution in [0.1, 0.15) is 59.3 Å². The Bertz CT molecular complexity index is 389. The van der Waals surface area contributed by atoms with Gasteiger partial charge in [-0.3, -0.25) is 0 Å². The first-order chi connectivity index (χ1) is 10.1. The summed E-state index contributed by atoms with van der Waals surface area (Å²) in [5.74, 6) is 0. The fourth-order valence-electron chi connectivity index (χ4n) is 3.78. The molecule has 2 aliphatic heterocycles. The Morgan fingerprint density at radius 1 is 1.27 bits per heavy atom. The molecule has 2 bridgehead atoms. The quantitative estimate of drug-likeness (QED) is 0.870. The Hall–Kier alpha value is -0.810. The van der Waals surface area contributed by atoms with Gasteiger partial charge in [-0.15, -0.1) is 0 Å². The second-order valence-corrected chi connectivity index (χ2v) is 8.31. The van der Waals surface area contributed by atoms with Crippen LogP contribution in [0.3, 0.4) is 0 Å². The summed E-state index contributed by atoms with van der Waals surface area (Å²) in [4.78, 5) is 16.5. The largest absolute Gasteiger partial charge is 0.444 e. The number of carbonyl (C=O) groups is 1. The van der Waals surface area contributed by atoms with Gasteiger partial charge in [-0.2, -0.15) is 0 Å². The fraction of sp³-hybridized carbons (Fsp3) is 0.941. The summed E-state index contributed by atoms with van der Waals surface area (Å²) in [5.41, 5.74) is -1.11. The molecule has 5 nitrogen and oxygen atoms in total. The maximum absolute atomic E-state index is 12.5. The van der Waals surface area contributed by atoms with E-state index in [4.69, 9.17) is 4.74 Å². The molecule has 2 saturated heterocycles. The van der Waals surface area contributed by atoms with Gasteiger partial charge in [-0.25, -0.2) is 4.79 Å². The number of piperidine rings is 2. The molecule has 0 saturated carbocycles. The van der Waals surface area contributed by atoms with E-state index in [1.54, 1.807) is 0 Å². The molecule has 2 atom stereocenters.